The predicted molar refractivity (Wildman–Crippen MR) is 89.7 cm³/mol. The third kappa shape index (κ3) is 1.96. The molecule has 0 amide bonds. The molecule has 25 heavy (non-hydrogen) atoms. The molecule has 1 aromatic carbocycles. The molecule has 0 spiro atoms. The lowest BCUT2D eigenvalue weighted by atomic mass is 10.0. The predicted octanol–water partition coefficient (Wildman–Crippen LogP) is 0.450. The summed E-state index contributed by atoms with van der Waals surface area (Å²) in [4.78, 5) is 29.7. The van der Waals surface area contributed by atoms with Crippen molar-refractivity contribution in [2.75, 3.05) is 0 Å². The summed E-state index contributed by atoms with van der Waals surface area (Å²) in [6.45, 7) is 0. The van der Waals surface area contributed by atoms with Gasteiger partial charge in [0.25, 0.3) is 0 Å². The summed E-state index contributed by atoms with van der Waals surface area (Å²) in [7, 11) is 0. The lowest BCUT2D eigenvalue weighted by Crippen LogP contribution is -2.30. The lowest BCUT2D eigenvalue weighted by molar-refractivity contribution is 0.554. The highest BCUT2D eigenvalue weighted by Crippen LogP contribution is 2.31. The number of benzene rings is 1. The average Bonchev–Trinajstić information content (AvgIpc) is 3.09. The number of allylic oxidation sites excluding steroid dienone is 1. The van der Waals surface area contributed by atoms with Crippen LogP contribution in [0.2, 0.25) is 0 Å². The molecule has 0 bridgehead atoms. The zero-order valence-corrected chi connectivity index (χ0v) is 12.9. The molecule has 0 saturated carbocycles. The Morgan fingerprint density at radius 1 is 1.04 bits per heavy atom. The molecule has 122 valence electrons. The number of nitrogens with two attached hydrogens (primary N) is 1. The maximum Gasteiger partial charge on any atom is 0.358 e. The van der Waals surface area contributed by atoms with Crippen molar-refractivity contribution < 1.29 is 0 Å². The number of hydrogen-bond acceptors (Lipinski definition) is 5. The van der Waals surface area contributed by atoms with Crippen LogP contribution in [-0.4, -0.2) is 18.9 Å². The van der Waals surface area contributed by atoms with E-state index in [9.17, 15) is 14.9 Å². The zero-order valence-electron chi connectivity index (χ0n) is 12.9. The van der Waals surface area contributed by atoms with Crippen LogP contribution in [0, 0.1) is 11.3 Å². The summed E-state index contributed by atoms with van der Waals surface area (Å²) in [5.74, 6) is -0.0407. The topological polar surface area (TPSA) is 112 Å². The third-order valence-electron chi connectivity index (χ3n) is 4.15. The van der Waals surface area contributed by atoms with Gasteiger partial charge in [-0.3, -0.25) is 4.98 Å². The van der Waals surface area contributed by atoms with Gasteiger partial charge in [0.1, 0.15) is 23.5 Å². The van der Waals surface area contributed by atoms with Gasteiger partial charge in [0.15, 0.2) is 0 Å². The normalized spacial score (nSPS) is 15.9. The summed E-state index contributed by atoms with van der Waals surface area (Å²) >= 11 is 0. The van der Waals surface area contributed by atoms with Crippen LogP contribution >= 0.6 is 0 Å². The molecule has 0 aliphatic carbocycles. The molecule has 0 radical (unpaired) electrons. The van der Waals surface area contributed by atoms with Crippen LogP contribution < -0.4 is 17.1 Å². The van der Waals surface area contributed by atoms with E-state index in [4.69, 9.17) is 5.73 Å². The largest absolute Gasteiger partial charge is 0.383 e. The molecule has 1 unspecified atom stereocenters. The van der Waals surface area contributed by atoms with E-state index < -0.39 is 17.4 Å². The minimum Gasteiger partial charge on any atom is -0.383 e. The highest BCUT2D eigenvalue weighted by atomic mass is 16.2. The van der Waals surface area contributed by atoms with Gasteiger partial charge in [-0.2, -0.15) is 9.94 Å². The molecule has 0 fully saturated rings. The zero-order chi connectivity index (χ0) is 17.6. The number of fused-ring (bicyclic) bond motifs is 1. The summed E-state index contributed by atoms with van der Waals surface area (Å²) in [5, 5.41) is 9.49. The molecule has 0 saturated heterocycles. The Labute approximate surface area is 141 Å². The number of nitrogens with zero attached hydrogens (tertiary/aromatic N) is 5. The van der Waals surface area contributed by atoms with E-state index in [1.54, 1.807) is 54.9 Å². The molecule has 8 nitrogen and oxygen atoms in total. The number of pyridine rings is 1. The van der Waals surface area contributed by atoms with Gasteiger partial charge in [-0.25, -0.2) is 18.8 Å². The smallest absolute Gasteiger partial charge is 0.358 e. The van der Waals surface area contributed by atoms with Crippen LogP contribution in [0.25, 0.3) is 11.5 Å². The van der Waals surface area contributed by atoms with Crippen LogP contribution in [0.5, 0.6) is 0 Å². The van der Waals surface area contributed by atoms with Crippen LogP contribution in [0.1, 0.15) is 11.6 Å². The Hall–Kier alpha value is -3.86. The molecule has 8 heteroatoms. The van der Waals surface area contributed by atoms with Crippen LogP contribution in [-0.2, 0) is 0 Å². The molecule has 1 atom stereocenters. The highest BCUT2D eigenvalue weighted by Gasteiger charge is 2.36. The van der Waals surface area contributed by atoms with Crippen molar-refractivity contribution in [3.05, 3.63) is 87.0 Å². The first-order valence-electron chi connectivity index (χ1n) is 7.47. The fraction of sp³-hybridized carbons (Fsp3) is 0.0588. The second-order valence-corrected chi connectivity index (χ2v) is 5.49. The van der Waals surface area contributed by atoms with Crippen LogP contribution in [0.4, 0.5) is 0 Å². The van der Waals surface area contributed by atoms with E-state index in [1.807, 2.05) is 6.07 Å². The van der Waals surface area contributed by atoms with Gasteiger partial charge in [-0.1, -0.05) is 18.2 Å². The second kappa shape index (κ2) is 5.35. The Bertz CT molecular complexity index is 1150. The molecule has 3 aromatic rings. The van der Waals surface area contributed by atoms with Crippen molar-refractivity contribution in [3.63, 3.8) is 0 Å². The molecule has 1 aliphatic heterocycles. The van der Waals surface area contributed by atoms with E-state index >= 15 is 0 Å². The highest BCUT2D eigenvalue weighted by molar-refractivity contribution is 5.60. The summed E-state index contributed by atoms with van der Waals surface area (Å²) in [6.07, 6.45) is 3.11. The average molecular weight is 332 g/mol. The van der Waals surface area contributed by atoms with Crippen molar-refractivity contribution in [2.45, 2.75) is 6.04 Å². The maximum atomic E-state index is 13.0. The molecule has 2 N–H and O–H groups in total. The maximum absolute atomic E-state index is 13.0. The SMILES string of the molecule is N#CC1=C(N)n2c(=O)n(-c3ccccc3)c(=O)n2C1c1ccncc1. The Kier molecular flexibility index (Phi) is 3.15. The van der Waals surface area contributed by atoms with Gasteiger partial charge < -0.3 is 5.73 Å². The monoisotopic (exact) mass is 332 g/mol. The fourth-order valence-corrected chi connectivity index (χ4v) is 3.05. The van der Waals surface area contributed by atoms with E-state index in [1.165, 1.54) is 4.68 Å². The first kappa shape index (κ1) is 14.7. The van der Waals surface area contributed by atoms with E-state index in [0.29, 0.717) is 11.3 Å². The fourth-order valence-electron chi connectivity index (χ4n) is 3.05. The van der Waals surface area contributed by atoms with Gasteiger partial charge in [0.05, 0.1) is 5.69 Å². The number of nitriles is 1. The second-order valence-electron chi connectivity index (χ2n) is 5.49. The van der Waals surface area contributed by atoms with Crippen molar-refractivity contribution in [3.8, 4) is 11.8 Å². The third-order valence-corrected chi connectivity index (χ3v) is 4.15. The Balaban J connectivity index is 2.06. The lowest BCUT2D eigenvalue weighted by Gasteiger charge is -2.12. The molecule has 4 rings (SSSR count). The minimum absolute atomic E-state index is 0.0407. The van der Waals surface area contributed by atoms with Gasteiger partial charge >= 0.3 is 11.4 Å². The van der Waals surface area contributed by atoms with Crippen molar-refractivity contribution >= 4 is 5.82 Å². The van der Waals surface area contributed by atoms with Gasteiger partial charge in [0, 0.05) is 12.4 Å². The molecule has 2 aromatic heterocycles. The van der Waals surface area contributed by atoms with E-state index in [-0.39, 0.29) is 11.4 Å². The first-order valence-corrected chi connectivity index (χ1v) is 7.47. The number of rotatable bonds is 2. The van der Waals surface area contributed by atoms with Crippen molar-refractivity contribution in [2.24, 2.45) is 5.73 Å². The molecular formula is C17H12N6O2. The van der Waals surface area contributed by atoms with Gasteiger partial charge in [0.2, 0.25) is 0 Å². The summed E-state index contributed by atoms with van der Waals surface area (Å²) < 4.78 is 3.30. The summed E-state index contributed by atoms with van der Waals surface area (Å²) in [6, 6.07) is 13.2. The first-order chi connectivity index (χ1) is 12.1. The van der Waals surface area contributed by atoms with Crippen molar-refractivity contribution in [1.29, 1.82) is 5.26 Å². The minimum atomic E-state index is -0.766. The molecular weight excluding hydrogens is 320 g/mol. The Morgan fingerprint density at radius 3 is 2.36 bits per heavy atom. The van der Waals surface area contributed by atoms with Gasteiger partial charge in [-0.05, 0) is 29.8 Å². The standard InChI is InChI=1S/C17H12N6O2/c18-10-13-14(11-6-8-20-9-7-11)22-16(24)21(12-4-2-1-3-5-12)17(25)23(22)15(13)19/h1-9,14H,19H2. The van der Waals surface area contributed by atoms with E-state index in [0.717, 1.165) is 9.25 Å². The Morgan fingerprint density at radius 2 is 1.72 bits per heavy atom. The van der Waals surface area contributed by atoms with E-state index in [2.05, 4.69) is 4.98 Å². The van der Waals surface area contributed by atoms with Gasteiger partial charge in [-0.15, -0.1) is 0 Å². The van der Waals surface area contributed by atoms with Crippen molar-refractivity contribution in [1.82, 2.24) is 18.9 Å². The molecule has 1 aliphatic rings. The van der Waals surface area contributed by atoms with Crippen LogP contribution in [0.15, 0.2) is 70.0 Å². The van der Waals surface area contributed by atoms with Crippen LogP contribution in [0.3, 0.4) is 0 Å². The molecule has 3 heterocycles. The quantitative estimate of drug-likeness (QED) is 0.732. The summed E-state index contributed by atoms with van der Waals surface area (Å²) in [5.41, 5.74) is 6.08. The number of aromatic nitrogens is 4. The number of hydrogen-bond donors (Lipinski definition) is 1. The number of para-hydroxylation sites is 1.